The first-order chi connectivity index (χ1) is 9.47. The first kappa shape index (κ1) is 13.2. The van der Waals surface area contributed by atoms with Crippen molar-refractivity contribution in [3.05, 3.63) is 35.9 Å². The van der Waals surface area contributed by atoms with E-state index in [9.17, 15) is 18.4 Å². The lowest BCUT2D eigenvalue weighted by Crippen LogP contribution is -2.32. The Morgan fingerprint density at radius 3 is 2.60 bits per heavy atom. The van der Waals surface area contributed by atoms with Gasteiger partial charge in [0.15, 0.2) is 0 Å². The lowest BCUT2D eigenvalue weighted by molar-refractivity contribution is -0.145. The Labute approximate surface area is 114 Å². The van der Waals surface area contributed by atoms with Gasteiger partial charge >= 0.3 is 11.9 Å². The van der Waals surface area contributed by atoms with Crippen LogP contribution in [0.4, 0.5) is 8.78 Å². The van der Waals surface area contributed by atoms with Crippen LogP contribution in [0.15, 0.2) is 30.3 Å². The maximum Gasteiger partial charge on any atom is 0.357 e. The number of ketones is 1. The number of nitrogens with zero attached hydrogens (tertiary/aromatic N) is 1. The molecule has 3 rings (SSSR count). The molecular formula is C14H13F2NO3. The summed E-state index contributed by atoms with van der Waals surface area (Å²) in [5, 5.41) is 1.32. The molecular weight excluding hydrogens is 268 g/mol. The van der Waals surface area contributed by atoms with Crippen molar-refractivity contribution in [2.75, 3.05) is 13.1 Å². The molecule has 0 radical (unpaired) electrons. The van der Waals surface area contributed by atoms with Gasteiger partial charge in [-0.15, -0.1) is 5.06 Å². The summed E-state index contributed by atoms with van der Waals surface area (Å²) in [4.78, 5) is 28.5. The van der Waals surface area contributed by atoms with Gasteiger partial charge in [-0.2, -0.15) is 8.78 Å². The van der Waals surface area contributed by atoms with E-state index in [4.69, 9.17) is 4.84 Å². The molecule has 106 valence electrons. The number of alkyl halides is 2. The second-order valence-corrected chi connectivity index (χ2v) is 5.23. The molecule has 0 N–H and O–H groups in total. The number of hydrogen-bond donors (Lipinski definition) is 0. The largest absolute Gasteiger partial charge is 0.364 e. The summed E-state index contributed by atoms with van der Waals surface area (Å²) in [6, 6.07) is 8.41. The zero-order chi connectivity index (χ0) is 14.3. The van der Waals surface area contributed by atoms with E-state index < -0.39 is 35.9 Å². The van der Waals surface area contributed by atoms with Crippen molar-refractivity contribution in [3.63, 3.8) is 0 Å². The molecule has 0 unspecified atom stereocenters. The predicted molar refractivity (Wildman–Crippen MR) is 65.0 cm³/mol. The molecule has 1 heterocycles. The standard InChI is InChI=1S/C14H13F2NO3/c15-14(16)6-10-7-17(8-11(10)12(14)18)20-13(19)9-4-2-1-3-5-9/h1-5,10-11H,6-8H2/t10-,11+/m0/s1. The summed E-state index contributed by atoms with van der Waals surface area (Å²) < 4.78 is 26.5. The molecule has 20 heavy (non-hydrogen) atoms. The number of rotatable bonds is 2. The van der Waals surface area contributed by atoms with Crippen molar-refractivity contribution in [2.45, 2.75) is 12.3 Å². The van der Waals surface area contributed by atoms with Gasteiger partial charge in [0.05, 0.1) is 5.56 Å². The van der Waals surface area contributed by atoms with E-state index in [0.29, 0.717) is 5.56 Å². The molecule has 2 fully saturated rings. The first-order valence-electron chi connectivity index (χ1n) is 6.42. The Bertz CT molecular complexity index is 547. The monoisotopic (exact) mass is 281 g/mol. The van der Waals surface area contributed by atoms with Crippen LogP contribution < -0.4 is 0 Å². The van der Waals surface area contributed by atoms with Crippen molar-refractivity contribution in [1.29, 1.82) is 0 Å². The summed E-state index contributed by atoms with van der Waals surface area (Å²) in [6.45, 7) is 0.238. The number of hydroxylamine groups is 2. The second-order valence-electron chi connectivity index (χ2n) is 5.23. The van der Waals surface area contributed by atoms with E-state index in [0.717, 1.165) is 0 Å². The number of carbonyl (C=O) groups is 2. The lowest BCUT2D eigenvalue weighted by Gasteiger charge is -2.17. The van der Waals surface area contributed by atoms with Gasteiger partial charge < -0.3 is 4.84 Å². The van der Waals surface area contributed by atoms with E-state index in [1.807, 2.05) is 0 Å². The minimum absolute atomic E-state index is 0.0532. The van der Waals surface area contributed by atoms with E-state index in [1.54, 1.807) is 30.3 Å². The van der Waals surface area contributed by atoms with Crippen LogP contribution in [0.3, 0.4) is 0 Å². The van der Waals surface area contributed by atoms with Crippen LogP contribution in [0, 0.1) is 11.8 Å². The number of benzene rings is 1. The summed E-state index contributed by atoms with van der Waals surface area (Å²) in [7, 11) is 0. The molecule has 1 saturated heterocycles. The Morgan fingerprint density at radius 1 is 1.25 bits per heavy atom. The number of carbonyl (C=O) groups excluding carboxylic acids is 2. The van der Waals surface area contributed by atoms with Gasteiger partial charge in [-0.25, -0.2) is 4.79 Å². The van der Waals surface area contributed by atoms with Gasteiger partial charge in [-0.3, -0.25) is 4.79 Å². The predicted octanol–water partition coefficient (Wildman–Crippen LogP) is 1.91. The maximum absolute atomic E-state index is 13.2. The normalized spacial score (nSPS) is 28.4. The van der Waals surface area contributed by atoms with Crippen LogP contribution in [0.1, 0.15) is 16.8 Å². The highest BCUT2D eigenvalue weighted by molar-refractivity contribution is 5.91. The van der Waals surface area contributed by atoms with Crippen LogP contribution in [0.25, 0.3) is 0 Å². The Morgan fingerprint density at radius 2 is 1.95 bits per heavy atom. The van der Waals surface area contributed by atoms with Crippen molar-refractivity contribution < 1.29 is 23.2 Å². The van der Waals surface area contributed by atoms with Gasteiger partial charge in [-0.05, 0) is 18.1 Å². The number of halogens is 2. The Kier molecular flexibility index (Phi) is 3.05. The molecule has 1 aliphatic carbocycles. The van der Waals surface area contributed by atoms with Crippen LogP contribution in [0.5, 0.6) is 0 Å². The van der Waals surface area contributed by atoms with E-state index >= 15 is 0 Å². The molecule has 0 amide bonds. The van der Waals surface area contributed by atoms with Gasteiger partial charge in [0, 0.05) is 25.4 Å². The van der Waals surface area contributed by atoms with Gasteiger partial charge in [0.1, 0.15) is 0 Å². The fraction of sp³-hybridized carbons (Fsp3) is 0.429. The highest BCUT2D eigenvalue weighted by Crippen LogP contribution is 2.44. The molecule has 1 saturated carbocycles. The fourth-order valence-corrected chi connectivity index (χ4v) is 2.86. The van der Waals surface area contributed by atoms with Crippen molar-refractivity contribution in [1.82, 2.24) is 5.06 Å². The molecule has 0 bridgehead atoms. The molecule has 6 heteroatoms. The number of hydrogen-bond acceptors (Lipinski definition) is 4. The minimum atomic E-state index is -3.22. The average Bonchev–Trinajstić information content (AvgIpc) is 2.88. The van der Waals surface area contributed by atoms with Crippen molar-refractivity contribution in [2.24, 2.45) is 11.8 Å². The fourth-order valence-electron chi connectivity index (χ4n) is 2.86. The molecule has 0 aromatic heterocycles. The van der Waals surface area contributed by atoms with Gasteiger partial charge in [0.2, 0.25) is 5.78 Å². The third kappa shape index (κ3) is 2.20. The minimum Gasteiger partial charge on any atom is -0.364 e. The molecule has 1 aromatic rings. The van der Waals surface area contributed by atoms with E-state index in [-0.39, 0.29) is 13.1 Å². The molecule has 4 nitrogen and oxygen atoms in total. The van der Waals surface area contributed by atoms with Crippen LogP contribution in [0.2, 0.25) is 0 Å². The highest BCUT2D eigenvalue weighted by atomic mass is 19.3. The summed E-state index contributed by atoms with van der Waals surface area (Å²) in [6.07, 6.45) is -0.449. The van der Waals surface area contributed by atoms with Crippen molar-refractivity contribution in [3.8, 4) is 0 Å². The van der Waals surface area contributed by atoms with Gasteiger partial charge in [-0.1, -0.05) is 18.2 Å². The topological polar surface area (TPSA) is 46.6 Å². The Balaban J connectivity index is 1.63. The molecule has 2 atom stereocenters. The smallest absolute Gasteiger partial charge is 0.357 e. The maximum atomic E-state index is 13.2. The molecule has 1 aliphatic heterocycles. The number of Topliss-reactive ketones (excluding diaryl/α,β-unsaturated/α-hetero) is 1. The third-order valence-electron chi connectivity index (χ3n) is 3.84. The summed E-state index contributed by atoms with van der Waals surface area (Å²) in [5.41, 5.74) is 0.390. The molecule has 2 aliphatic rings. The number of fused-ring (bicyclic) bond motifs is 1. The van der Waals surface area contributed by atoms with E-state index in [1.165, 1.54) is 5.06 Å². The van der Waals surface area contributed by atoms with Crippen LogP contribution >= 0.6 is 0 Å². The van der Waals surface area contributed by atoms with Gasteiger partial charge in [0.25, 0.3) is 0 Å². The molecule has 0 spiro atoms. The first-order valence-corrected chi connectivity index (χ1v) is 6.42. The van der Waals surface area contributed by atoms with Crippen molar-refractivity contribution >= 4 is 11.8 Å². The average molecular weight is 281 g/mol. The second kappa shape index (κ2) is 4.63. The Hall–Kier alpha value is -1.82. The highest BCUT2D eigenvalue weighted by Gasteiger charge is 2.58. The SMILES string of the molecule is O=C(ON1C[C@@H]2CC(F)(F)C(=O)[C@@H]2C1)c1ccccc1. The third-order valence-corrected chi connectivity index (χ3v) is 3.84. The molecule has 1 aromatic carbocycles. The van der Waals surface area contributed by atoms with Crippen LogP contribution in [-0.4, -0.2) is 35.8 Å². The van der Waals surface area contributed by atoms with Crippen LogP contribution in [-0.2, 0) is 9.63 Å². The summed E-state index contributed by atoms with van der Waals surface area (Å²) in [5.74, 6) is -5.94. The summed E-state index contributed by atoms with van der Waals surface area (Å²) >= 11 is 0. The van der Waals surface area contributed by atoms with E-state index in [2.05, 4.69) is 0 Å². The zero-order valence-corrected chi connectivity index (χ0v) is 10.6. The quantitative estimate of drug-likeness (QED) is 0.831. The zero-order valence-electron chi connectivity index (χ0n) is 10.6. The lowest BCUT2D eigenvalue weighted by atomic mass is 10.0.